The Morgan fingerprint density at radius 2 is 2.18 bits per heavy atom. The predicted octanol–water partition coefficient (Wildman–Crippen LogP) is 1.00. The highest BCUT2D eigenvalue weighted by atomic mass is 16.5. The number of hydrogen-bond acceptors (Lipinski definition) is 5. The van der Waals surface area contributed by atoms with Gasteiger partial charge >= 0.3 is 0 Å². The molecule has 2 unspecified atom stereocenters. The topological polar surface area (TPSA) is 50.5 Å². The van der Waals surface area contributed by atoms with Crippen LogP contribution in [-0.2, 0) is 17.9 Å². The van der Waals surface area contributed by atoms with E-state index >= 15 is 0 Å². The Morgan fingerprint density at radius 1 is 1.47 bits per heavy atom. The fraction of sp³-hybridized carbons (Fsp3) is 0.750. The summed E-state index contributed by atoms with van der Waals surface area (Å²) in [6, 6.07) is 3.04. The average molecular weight is 239 g/mol. The van der Waals surface area contributed by atoms with Crippen LogP contribution in [0.15, 0.2) is 10.6 Å². The first kappa shape index (κ1) is 12.5. The predicted molar refractivity (Wildman–Crippen MR) is 64.6 cm³/mol. The summed E-state index contributed by atoms with van der Waals surface area (Å²) < 4.78 is 10.2. The lowest BCUT2D eigenvalue weighted by molar-refractivity contribution is 0.153. The van der Waals surface area contributed by atoms with Crippen molar-refractivity contribution in [1.82, 2.24) is 15.4 Å². The van der Waals surface area contributed by atoms with Gasteiger partial charge in [0.25, 0.3) is 0 Å². The first-order chi connectivity index (χ1) is 8.17. The normalized spacial score (nSPS) is 26.3. The minimum absolute atomic E-state index is 0.487. The molecule has 2 rings (SSSR count). The van der Waals surface area contributed by atoms with Crippen molar-refractivity contribution in [1.29, 1.82) is 0 Å². The third-order valence-electron chi connectivity index (χ3n) is 2.91. The van der Waals surface area contributed by atoms with Crippen LogP contribution in [0.3, 0.4) is 0 Å². The van der Waals surface area contributed by atoms with Gasteiger partial charge in [0, 0.05) is 44.9 Å². The van der Waals surface area contributed by atoms with E-state index in [1.54, 1.807) is 7.11 Å². The maximum atomic E-state index is 5.18. The number of methoxy groups -OCH3 is 1. The smallest absolute Gasteiger partial charge is 0.162 e. The van der Waals surface area contributed by atoms with E-state index in [0.717, 1.165) is 31.1 Å². The highest BCUT2D eigenvalue weighted by Gasteiger charge is 2.21. The van der Waals surface area contributed by atoms with Crippen molar-refractivity contribution in [2.75, 3.05) is 20.2 Å². The highest BCUT2D eigenvalue weighted by molar-refractivity contribution is 5.05. The van der Waals surface area contributed by atoms with Crippen LogP contribution in [0.2, 0.25) is 0 Å². The molecule has 0 spiro atoms. The van der Waals surface area contributed by atoms with Crippen molar-refractivity contribution >= 4 is 0 Å². The van der Waals surface area contributed by atoms with Gasteiger partial charge in [0.05, 0.1) is 5.69 Å². The molecule has 1 aliphatic rings. The Bertz CT molecular complexity index is 343. The van der Waals surface area contributed by atoms with Crippen molar-refractivity contribution in [3.05, 3.63) is 17.5 Å². The lowest BCUT2D eigenvalue weighted by Gasteiger charge is -2.35. The largest absolute Gasteiger partial charge is 0.377 e. The summed E-state index contributed by atoms with van der Waals surface area (Å²) in [6.07, 6.45) is 0. The molecule has 5 nitrogen and oxygen atoms in total. The van der Waals surface area contributed by atoms with Gasteiger partial charge < -0.3 is 14.6 Å². The fourth-order valence-electron chi connectivity index (χ4n) is 2.44. The molecular weight excluding hydrogens is 218 g/mol. The van der Waals surface area contributed by atoms with Crippen LogP contribution >= 0.6 is 0 Å². The first-order valence-corrected chi connectivity index (χ1v) is 6.09. The van der Waals surface area contributed by atoms with E-state index < -0.39 is 0 Å². The average Bonchev–Trinajstić information content (AvgIpc) is 2.64. The zero-order valence-corrected chi connectivity index (χ0v) is 10.8. The van der Waals surface area contributed by atoms with Crippen LogP contribution in [0, 0.1) is 0 Å². The molecule has 0 aliphatic carbocycles. The maximum absolute atomic E-state index is 5.18. The molecule has 17 heavy (non-hydrogen) atoms. The van der Waals surface area contributed by atoms with Crippen molar-refractivity contribution < 1.29 is 9.26 Å². The number of hydrogen-bond donors (Lipinski definition) is 1. The third kappa shape index (κ3) is 3.52. The molecule has 0 saturated carbocycles. The zero-order valence-electron chi connectivity index (χ0n) is 10.8. The maximum Gasteiger partial charge on any atom is 0.162 e. The van der Waals surface area contributed by atoms with Gasteiger partial charge in [0.2, 0.25) is 0 Å². The SMILES string of the molecule is COCc1cc(CN2CC(C)NC(C)C2)no1. The Morgan fingerprint density at radius 3 is 2.82 bits per heavy atom. The Balaban J connectivity index is 1.90. The van der Waals surface area contributed by atoms with Gasteiger partial charge in [-0.15, -0.1) is 0 Å². The second-order valence-electron chi connectivity index (χ2n) is 4.88. The van der Waals surface area contributed by atoms with Gasteiger partial charge in [-0.1, -0.05) is 5.16 Å². The summed E-state index contributed by atoms with van der Waals surface area (Å²) in [5, 5.41) is 7.58. The minimum atomic E-state index is 0.487. The van der Waals surface area contributed by atoms with Crippen LogP contribution in [0.5, 0.6) is 0 Å². The van der Waals surface area contributed by atoms with Crippen LogP contribution in [0.25, 0.3) is 0 Å². The fourth-order valence-corrected chi connectivity index (χ4v) is 2.44. The number of rotatable bonds is 4. The van der Waals surface area contributed by atoms with Gasteiger partial charge in [-0.25, -0.2) is 0 Å². The molecule has 0 amide bonds. The molecule has 0 aromatic carbocycles. The molecule has 1 aromatic rings. The van der Waals surface area contributed by atoms with E-state index in [1.165, 1.54) is 0 Å². The summed E-state index contributed by atoms with van der Waals surface area (Å²) in [5.74, 6) is 0.790. The molecule has 1 fully saturated rings. The second kappa shape index (κ2) is 5.62. The van der Waals surface area contributed by atoms with Gasteiger partial charge in [-0.2, -0.15) is 0 Å². The number of piperazine rings is 1. The summed E-state index contributed by atoms with van der Waals surface area (Å²) in [7, 11) is 1.65. The summed E-state index contributed by atoms with van der Waals surface area (Å²) in [5.41, 5.74) is 0.985. The third-order valence-corrected chi connectivity index (χ3v) is 2.91. The molecule has 1 aliphatic heterocycles. The Labute approximate surface area is 102 Å². The van der Waals surface area contributed by atoms with Gasteiger partial charge in [-0.05, 0) is 13.8 Å². The molecule has 0 bridgehead atoms. The van der Waals surface area contributed by atoms with Crippen molar-refractivity contribution in [2.24, 2.45) is 0 Å². The van der Waals surface area contributed by atoms with E-state index in [2.05, 4.69) is 29.2 Å². The quantitative estimate of drug-likeness (QED) is 0.849. The van der Waals surface area contributed by atoms with Crippen LogP contribution in [0.1, 0.15) is 25.3 Å². The molecule has 2 heterocycles. The van der Waals surface area contributed by atoms with Gasteiger partial charge in [0.1, 0.15) is 6.61 Å². The number of ether oxygens (including phenoxy) is 1. The number of aromatic nitrogens is 1. The Kier molecular flexibility index (Phi) is 4.15. The second-order valence-corrected chi connectivity index (χ2v) is 4.88. The summed E-state index contributed by atoms with van der Waals surface area (Å²) >= 11 is 0. The van der Waals surface area contributed by atoms with Gasteiger partial charge in [0.15, 0.2) is 5.76 Å². The van der Waals surface area contributed by atoms with Gasteiger partial charge in [-0.3, -0.25) is 4.90 Å². The Hall–Kier alpha value is -0.910. The molecular formula is C12H21N3O2. The monoisotopic (exact) mass is 239 g/mol. The number of nitrogens with zero attached hydrogens (tertiary/aromatic N) is 2. The molecule has 96 valence electrons. The molecule has 1 saturated heterocycles. The standard InChI is InChI=1S/C12H21N3O2/c1-9-5-15(6-10(2)13-9)7-11-4-12(8-16-3)17-14-11/h4,9-10,13H,5-8H2,1-3H3. The van der Waals surface area contributed by atoms with E-state index in [4.69, 9.17) is 9.26 Å². The van der Waals surface area contributed by atoms with Crippen molar-refractivity contribution in [3.63, 3.8) is 0 Å². The molecule has 0 radical (unpaired) electrons. The summed E-state index contributed by atoms with van der Waals surface area (Å²) in [6.45, 7) is 7.86. The van der Waals surface area contributed by atoms with Crippen molar-refractivity contribution in [2.45, 2.75) is 39.1 Å². The van der Waals surface area contributed by atoms with Crippen LogP contribution in [0.4, 0.5) is 0 Å². The zero-order chi connectivity index (χ0) is 12.3. The minimum Gasteiger partial charge on any atom is -0.377 e. The van der Waals surface area contributed by atoms with Crippen molar-refractivity contribution in [3.8, 4) is 0 Å². The van der Waals surface area contributed by atoms with E-state index in [0.29, 0.717) is 18.7 Å². The molecule has 1 aromatic heterocycles. The highest BCUT2D eigenvalue weighted by Crippen LogP contribution is 2.11. The van der Waals surface area contributed by atoms with Crippen LogP contribution in [-0.4, -0.2) is 42.3 Å². The van der Waals surface area contributed by atoms with E-state index in [1.807, 2.05) is 6.07 Å². The first-order valence-electron chi connectivity index (χ1n) is 6.09. The summed E-state index contributed by atoms with van der Waals surface area (Å²) in [4.78, 5) is 2.40. The lowest BCUT2D eigenvalue weighted by Crippen LogP contribution is -2.53. The number of nitrogens with one attached hydrogen (secondary N) is 1. The van der Waals surface area contributed by atoms with E-state index in [-0.39, 0.29) is 0 Å². The molecule has 1 N–H and O–H groups in total. The lowest BCUT2D eigenvalue weighted by atomic mass is 10.1. The molecule has 2 atom stereocenters. The van der Waals surface area contributed by atoms with Crippen LogP contribution < -0.4 is 5.32 Å². The molecule has 5 heteroatoms. The van der Waals surface area contributed by atoms with E-state index in [9.17, 15) is 0 Å².